The zero-order chi connectivity index (χ0) is 29.9. The Labute approximate surface area is 254 Å². The van der Waals surface area contributed by atoms with Crippen molar-refractivity contribution in [1.29, 1.82) is 0 Å². The minimum Gasteiger partial charge on any atom is -0.481 e. The molecule has 0 amide bonds. The predicted molar refractivity (Wildman–Crippen MR) is 181 cm³/mol. The summed E-state index contributed by atoms with van der Waals surface area (Å²) in [5, 5.41) is 8.52. The fraction of sp³-hybridized carbons (Fsp3) is 0.973. The number of carboxylic acids is 1. The summed E-state index contributed by atoms with van der Waals surface area (Å²) in [6.45, 7) is 14.0. The van der Waals surface area contributed by atoms with E-state index in [1.807, 2.05) is 0 Å². The van der Waals surface area contributed by atoms with Gasteiger partial charge in [0, 0.05) is 12.5 Å². The second-order valence-corrected chi connectivity index (χ2v) is 12.7. The van der Waals surface area contributed by atoms with Gasteiger partial charge in [0.25, 0.3) is 0 Å². The van der Waals surface area contributed by atoms with Crippen LogP contribution in [0.1, 0.15) is 214 Å². The summed E-state index contributed by atoms with van der Waals surface area (Å²) in [7, 11) is 0. The van der Waals surface area contributed by atoms with Gasteiger partial charge in [-0.2, -0.15) is 0 Å². The normalized spacial score (nSPS) is 11.3. The molecule has 0 aliphatic carbocycles. The summed E-state index contributed by atoms with van der Waals surface area (Å²) in [5.74, 6) is -0.653. The lowest BCUT2D eigenvalue weighted by Gasteiger charge is -2.24. The van der Waals surface area contributed by atoms with E-state index in [-0.39, 0.29) is 0 Å². The van der Waals surface area contributed by atoms with Crippen LogP contribution in [0.3, 0.4) is 0 Å². The lowest BCUT2D eigenvalue weighted by molar-refractivity contribution is -0.137. The van der Waals surface area contributed by atoms with Gasteiger partial charge in [0.1, 0.15) is 0 Å². The average Bonchev–Trinajstić information content (AvgIpc) is 2.93. The van der Waals surface area contributed by atoms with Crippen LogP contribution in [0.4, 0.5) is 0 Å². The van der Waals surface area contributed by atoms with Gasteiger partial charge in [-0.3, -0.25) is 4.79 Å². The molecule has 3 nitrogen and oxygen atoms in total. The third kappa shape index (κ3) is 37.4. The fourth-order valence-electron chi connectivity index (χ4n) is 5.58. The van der Waals surface area contributed by atoms with E-state index in [0.717, 1.165) is 12.8 Å². The molecular formula is C37H77NO2. The molecule has 0 unspecified atom stereocenters. The van der Waals surface area contributed by atoms with E-state index in [1.165, 1.54) is 174 Å². The maximum Gasteiger partial charge on any atom is 0.303 e. The third-order valence-corrected chi connectivity index (χ3v) is 8.43. The Morgan fingerprint density at radius 1 is 0.475 bits per heavy atom. The molecule has 0 aromatic carbocycles. The molecule has 0 bridgehead atoms. The van der Waals surface area contributed by atoms with Crippen LogP contribution in [0, 0.1) is 0 Å². The van der Waals surface area contributed by atoms with Crippen LogP contribution in [0.25, 0.3) is 0 Å². The minimum atomic E-state index is -0.653. The molecule has 0 saturated carbocycles. The van der Waals surface area contributed by atoms with Gasteiger partial charge < -0.3 is 10.0 Å². The van der Waals surface area contributed by atoms with Crippen molar-refractivity contribution in [2.24, 2.45) is 0 Å². The molecular weight excluding hydrogens is 490 g/mol. The van der Waals surface area contributed by atoms with Gasteiger partial charge in [0.2, 0.25) is 0 Å². The molecule has 1 N–H and O–H groups in total. The highest BCUT2D eigenvalue weighted by Crippen LogP contribution is 2.14. The van der Waals surface area contributed by atoms with Gasteiger partial charge in [0.15, 0.2) is 0 Å². The molecule has 0 heterocycles. The van der Waals surface area contributed by atoms with Gasteiger partial charge in [0.05, 0.1) is 0 Å². The highest BCUT2D eigenvalue weighted by atomic mass is 16.4. The first-order valence-electron chi connectivity index (χ1n) is 18.4. The maximum absolute atomic E-state index is 10.3. The first kappa shape index (κ1) is 41.6. The smallest absolute Gasteiger partial charge is 0.303 e. The molecule has 0 atom stereocenters. The molecule has 0 fully saturated rings. The van der Waals surface area contributed by atoms with Crippen molar-refractivity contribution in [3.05, 3.63) is 0 Å². The van der Waals surface area contributed by atoms with Gasteiger partial charge in [-0.1, -0.05) is 181 Å². The van der Waals surface area contributed by atoms with Gasteiger partial charge >= 0.3 is 5.97 Å². The second kappa shape index (κ2) is 36.5. The Kier molecular flexibility index (Phi) is 37.9. The Hall–Kier alpha value is -0.570. The zero-order valence-corrected chi connectivity index (χ0v) is 28.6. The number of unbranched alkanes of at least 4 members (excludes halogenated alkanes) is 25. The van der Waals surface area contributed by atoms with Crippen LogP contribution in [-0.4, -0.2) is 35.1 Å². The van der Waals surface area contributed by atoms with Gasteiger partial charge in [-0.15, -0.1) is 0 Å². The van der Waals surface area contributed by atoms with Crippen molar-refractivity contribution in [2.75, 3.05) is 13.1 Å². The second-order valence-electron chi connectivity index (χ2n) is 12.7. The van der Waals surface area contributed by atoms with Gasteiger partial charge in [-0.05, 0) is 39.8 Å². The van der Waals surface area contributed by atoms with E-state index in [9.17, 15) is 4.79 Å². The summed E-state index contributed by atoms with van der Waals surface area (Å²) >= 11 is 0. The standard InChI is InChI=1S/C19H41N.C18H36O2/c1-5-7-8-9-10-11-12-13-14-15-16-17-18-20(6-2)19(3)4;1-2-3-4-5-6-7-8-9-10-11-12-13-14-15-16-17-18(19)20/h19H,5-18H2,1-4H3;2-17H2,1H3,(H,19,20). The number of aliphatic carboxylic acids is 1. The van der Waals surface area contributed by atoms with Crippen molar-refractivity contribution in [3.63, 3.8) is 0 Å². The first-order chi connectivity index (χ1) is 19.5. The molecule has 3 heteroatoms. The molecule has 0 saturated heterocycles. The van der Waals surface area contributed by atoms with Crippen LogP contribution < -0.4 is 0 Å². The molecule has 242 valence electrons. The van der Waals surface area contributed by atoms with E-state index < -0.39 is 5.97 Å². The van der Waals surface area contributed by atoms with Crippen LogP contribution in [0.15, 0.2) is 0 Å². The Morgan fingerprint density at radius 2 is 0.750 bits per heavy atom. The summed E-state index contributed by atoms with van der Waals surface area (Å²) in [5.41, 5.74) is 0. The van der Waals surface area contributed by atoms with Crippen molar-refractivity contribution in [2.45, 2.75) is 220 Å². The van der Waals surface area contributed by atoms with E-state index in [2.05, 4.69) is 39.5 Å². The zero-order valence-electron chi connectivity index (χ0n) is 28.6. The number of rotatable bonds is 31. The number of carboxylic acid groups (broad SMARTS) is 1. The molecule has 0 radical (unpaired) electrons. The average molecular weight is 568 g/mol. The van der Waals surface area contributed by atoms with E-state index in [0.29, 0.717) is 12.5 Å². The highest BCUT2D eigenvalue weighted by Gasteiger charge is 2.05. The molecule has 0 aliphatic rings. The lowest BCUT2D eigenvalue weighted by Crippen LogP contribution is -2.31. The number of nitrogens with zero attached hydrogens (tertiary/aromatic N) is 1. The van der Waals surface area contributed by atoms with Gasteiger partial charge in [-0.25, -0.2) is 0 Å². The number of hydrogen-bond donors (Lipinski definition) is 1. The largest absolute Gasteiger partial charge is 0.481 e. The summed E-state index contributed by atoms with van der Waals surface area (Å²) in [4.78, 5) is 12.9. The Balaban J connectivity index is 0. The number of hydrogen-bond acceptors (Lipinski definition) is 2. The van der Waals surface area contributed by atoms with E-state index in [4.69, 9.17) is 5.11 Å². The number of carbonyl (C=O) groups is 1. The van der Waals surface area contributed by atoms with Crippen molar-refractivity contribution < 1.29 is 9.90 Å². The van der Waals surface area contributed by atoms with E-state index in [1.54, 1.807) is 0 Å². The third-order valence-electron chi connectivity index (χ3n) is 8.43. The molecule has 40 heavy (non-hydrogen) atoms. The highest BCUT2D eigenvalue weighted by molar-refractivity contribution is 5.66. The summed E-state index contributed by atoms with van der Waals surface area (Å²) in [6, 6.07) is 0.715. The molecule has 0 spiro atoms. The van der Waals surface area contributed by atoms with Crippen LogP contribution in [0.2, 0.25) is 0 Å². The van der Waals surface area contributed by atoms with Crippen LogP contribution in [-0.2, 0) is 4.79 Å². The monoisotopic (exact) mass is 568 g/mol. The molecule has 0 rings (SSSR count). The predicted octanol–water partition coefficient (Wildman–Crippen LogP) is 12.8. The minimum absolute atomic E-state index is 0.345. The quantitative estimate of drug-likeness (QED) is 0.0847. The molecule has 0 aromatic heterocycles. The molecule has 0 aliphatic heterocycles. The molecule has 0 aromatic rings. The Bertz CT molecular complexity index is 465. The fourth-order valence-corrected chi connectivity index (χ4v) is 5.58. The first-order valence-corrected chi connectivity index (χ1v) is 18.4. The Morgan fingerprint density at radius 3 is 1.00 bits per heavy atom. The van der Waals surface area contributed by atoms with Crippen LogP contribution in [0.5, 0.6) is 0 Å². The maximum atomic E-state index is 10.3. The topological polar surface area (TPSA) is 40.5 Å². The van der Waals surface area contributed by atoms with Crippen molar-refractivity contribution >= 4 is 5.97 Å². The van der Waals surface area contributed by atoms with Crippen molar-refractivity contribution in [1.82, 2.24) is 4.90 Å². The van der Waals surface area contributed by atoms with Crippen molar-refractivity contribution in [3.8, 4) is 0 Å². The lowest BCUT2D eigenvalue weighted by atomic mass is 10.0. The van der Waals surface area contributed by atoms with Crippen LogP contribution >= 0.6 is 0 Å². The van der Waals surface area contributed by atoms with E-state index >= 15 is 0 Å². The summed E-state index contributed by atoms with van der Waals surface area (Å²) < 4.78 is 0. The summed E-state index contributed by atoms with van der Waals surface area (Å²) in [6.07, 6.45) is 37.5. The SMILES string of the molecule is CCCCCCCCCCCCCCCCCC(=O)O.CCCCCCCCCCCCCCN(CC)C(C)C.